The fourth-order valence-corrected chi connectivity index (χ4v) is 2.22. The average molecular weight is 340 g/mol. The first-order chi connectivity index (χ1) is 10.9. The number of ether oxygens (including phenoxy) is 1. The summed E-state index contributed by atoms with van der Waals surface area (Å²) in [6.07, 6.45) is 5.99. The van der Waals surface area contributed by atoms with Gasteiger partial charge < -0.3 is 14.4 Å². The molecule has 128 valence electrons. The maximum atomic E-state index is 11.5. The Morgan fingerprint density at radius 3 is 2.87 bits per heavy atom. The molecular formula is C14H25N6O2P. The SMILES string of the molecule is CCC(C)c1cn(C)c(NC(=O)NN)c1COC(=N)/C=C\NP. The van der Waals surface area contributed by atoms with E-state index in [1.54, 1.807) is 6.20 Å². The minimum Gasteiger partial charge on any atom is -0.473 e. The van der Waals surface area contributed by atoms with Gasteiger partial charge in [0.15, 0.2) is 0 Å². The number of nitrogens with two attached hydrogens (primary N) is 1. The van der Waals surface area contributed by atoms with Gasteiger partial charge in [-0.1, -0.05) is 13.8 Å². The normalized spacial score (nSPS) is 12.0. The van der Waals surface area contributed by atoms with Gasteiger partial charge in [-0.05, 0) is 27.3 Å². The topological polar surface area (TPSA) is 117 Å². The van der Waals surface area contributed by atoms with E-state index in [1.807, 2.05) is 23.2 Å². The van der Waals surface area contributed by atoms with Crippen molar-refractivity contribution in [2.45, 2.75) is 32.8 Å². The summed E-state index contributed by atoms with van der Waals surface area (Å²) in [4.78, 5) is 11.5. The van der Waals surface area contributed by atoms with Crippen LogP contribution in [0.3, 0.4) is 0 Å². The van der Waals surface area contributed by atoms with Crippen LogP contribution in [-0.2, 0) is 18.4 Å². The van der Waals surface area contributed by atoms with Crippen molar-refractivity contribution in [1.29, 1.82) is 5.41 Å². The number of nitrogens with zero attached hydrogens (tertiary/aromatic N) is 1. The van der Waals surface area contributed by atoms with Crippen LogP contribution in [0, 0.1) is 5.41 Å². The lowest BCUT2D eigenvalue weighted by Gasteiger charge is -2.13. The summed E-state index contributed by atoms with van der Waals surface area (Å²) in [6.45, 7) is 4.38. The molecule has 1 rings (SSSR count). The van der Waals surface area contributed by atoms with Crippen molar-refractivity contribution in [2.75, 3.05) is 5.32 Å². The van der Waals surface area contributed by atoms with E-state index in [-0.39, 0.29) is 12.5 Å². The second-order valence-corrected chi connectivity index (χ2v) is 5.42. The fraction of sp³-hybridized carbons (Fsp3) is 0.429. The number of anilines is 1. The Bertz CT molecular complexity index is 584. The molecule has 8 nitrogen and oxygen atoms in total. The molecule has 0 spiro atoms. The standard InChI is InChI=1S/C14H25N6O2P/c1-4-9(2)10-7-20(3)13(18-14(21)19-16)11(10)8-22-12(15)5-6-17-23/h5-7,9,15,17H,4,8,16,23H2,1-3H3,(H2,18,19,21)/b6-5-,15-12?. The van der Waals surface area contributed by atoms with Crippen LogP contribution in [0.5, 0.6) is 0 Å². The van der Waals surface area contributed by atoms with Crippen molar-refractivity contribution in [3.63, 3.8) is 0 Å². The summed E-state index contributed by atoms with van der Waals surface area (Å²) in [5, 5.41) is 13.1. The van der Waals surface area contributed by atoms with Gasteiger partial charge in [-0.15, -0.1) is 0 Å². The molecule has 0 fully saturated rings. The molecule has 0 aliphatic heterocycles. The Balaban J connectivity index is 3.05. The van der Waals surface area contributed by atoms with E-state index < -0.39 is 6.03 Å². The molecule has 1 aromatic heterocycles. The van der Waals surface area contributed by atoms with Gasteiger partial charge in [0.25, 0.3) is 0 Å². The lowest BCUT2D eigenvalue weighted by atomic mass is 9.97. The predicted molar refractivity (Wildman–Crippen MR) is 95.0 cm³/mol. The Labute approximate surface area is 138 Å². The highest BCUT2D eigenvalue weighted by atomic mass is 31.0. The zero-order valence-corrected chi connectivity index (χ0v) is 14.8. The van der Waals surface area contributed by atoms with Crippen LogP contribution in [0.2, 0.25) is 0 Å². The number of carbonyl (C=O) groups is 1. The van der Waals surface area contributed by atoms with E-state index in [2.05, 4.69) is 33.6 Å². The van der Waals surface area contributed by atoms with Crippen LogP contribution >= 0.6 is 9.39 Å². The number of hydrogen-bond acceptors (Lipinski definition) is 5. The lowest BCUT2D eigenvalue weighted by molar-refractivity contribution is 0.252. The van der Waals surface area contributed by atoms with Crippen molar-refractivity contribution in [3.8, 4) is 0 Å². The minimum absolute atomic E-state index is 0.0214. The highest BCUT2D eigenvalue weighted by Gasteiger charge is 2.20. The number of nitrogens with one attached hydrogen (secondary N) is 4. The first-order valence-corrected chi connectivity index (χ1v) is 7.81. The molecule has 23 heavy (non-hydrogen) atoms. The molecular weight excluding hydrogens is 315 g/mol. The third kappa shape index (κ3) is 5.26. The first kappa shape index (κ1) is 19.0. The molecule has 0 bridgehead atoms. The third-order valence-electron chi connectivity index (χ3n) is 3.53. The van der Waals surface area contributed by atoms with Crippen LogP contribution < -0.4 is 21.7 Å². The van der Waals surface area contributed by atoms with Gasteiger partial charge in [0, 0.05) is 31.1 Å². The van der Waals surface area contributed by atoms with Gasteiger partial charge in [-0.25, -0.2) is 10.6 Å². The molecule has 9 heteroatoms. The Kier molecular flexibility index (Phi) is 7.57. The molecule has 0 aromatic carbocycles. The van der Waals surface area contributed by atoms with Gasteiger partial charge in [0.1, 0.15) is 12.4 Å². The van der Waals surface area contributed by atoms with Crippen LogP contribution in [0.25, 0.3) is 0 Å². The summed E-state index contributed by atoms with van der Waals surface area (Å²) in [5.74, 6) is 6.06. The maximum Gasteiger partial charge on any atom is 0.334 e. The molecule has 2 unspecified atom stereocenters. The van der Waals surface area contributed by atoms with Crippen molar-refractivity contribution in [2.24, 2.45) is 12.9 Å². The third-order valence-corrected chi connectivity index (χ3v) is 3.72. The van der Waals surface area contributed by atoms with Crippen LogP contribution in [0.4, 0.5) is 10.6 Å². The van der Waals surface area contributed by atoms with Crippen LogP contribution in [0.15, 0.2) is 18.5 Å². The summed E-state index contributed by atoms with van der Waals surface area (Å²) in [7, 11) is 4.14. The van der Waals surface area contributed by atoms with Gasteiger partial charge in [-0.2, -0.15) is 0 Å². The molecule has 6 N–H and O–H groups in total. The second kappa shape index (κ2) is 9.17. The molecule has 0 aliphatic rings. The Morgan fingerprint density at radius 1 is 1.61 bits per heavy atom. The molecule has 2 amide bonds. The number of carbonyl (C=O) groups excluding carboxylic acids is 1. The molecule has 1 aromatic rings. The first-order valence-electron chi connectivity index (χ1n) is 7.24. The lowest BCUT2D eigenvalue weighted by Crippen LogP contribution is -2.35. The van der Waals surface area contributed by atoms with Gasteiger partial charge in [0.2, 0.25) is 5.90 Å². The number of amides is 2. The summed E-state index contributed by atoms with van der Waals surface area (Å²) >= 11 is 0. The molecule has 1 heterocycles. The smallest absolute Gasteiger partial charge is 0.334 e. The zero-order valence-electron chi connectivity index (χ0n) is 13.6. The summed E-state index contributed by atoms with van der Waals surface area (Å²) < 4.78 is 7.28. The van der Waals surface area contributed by atoms with Crippen LogP contribution in [0.1, 0.15) is 37.3 Å². The Hall–Kier alpha value is -2.05. The highest BCUT2D eigenvalue weighted by molar-refractivity contribution is 7.13. The molecule has 0 aliphatic carbocycles. The van der Waals surface area contributed by atoms with E-state index in [0.717, 1.165) is 17.5 Å². The van der Waals surface area contributed by atoms with Crippen LogP contribution in [-0.4, -0.2) is 16.5 Å². The number of hydrazine groups is 1. The number of urea groups is 1. The number of aromatic nitrogens is 1. The van der Waals surface area contributed by atoms with Crippen molar-refractivity contribution in [1.82, 2.24) is 15.1 Å². The molecule has 0 saturated carbocycles. The van der Waals surface area contributed by atoms with Crippen molar-refractivity contribution >= 4 is 27.1 Å². The number of hydrogen-bond donors (Lipinski definition) is 5. The van der Waals surface area contributed by atoms with E-state index in [4.69, 9.17) is 16.0 Å². The highest BCUT2D eigenvalue weighted by Crippen LogP contribution is 2.30. The predicted octanol–water partition coefficient (Wildman–Crippen LogP) is 1.92. The van der Waals surface area contributed by atoms with Gasteiger partial charge in [-0.3, -0.25) is 16.2 Å². The monoisotopic (exact) mass is 340 g/mol. The fourth-order valence-electron chi connectivity index (χ4n) is 2.13. The van der Waals surface area contributed by atoms with Gasteiger partial charge >= 0.3 is 6.03 Å². The van der Waals surface area contributed by atoms with Gasteiger partial charge in [0.05, 0.1) is 0 Å². The summed E-state index contributed by atoms with van der Waals surface area (Å²) in [5.41, 5.74) is 3.95. The van der Waals surface area contributed by atoms with E-state index in [9.17, 15) is 4.79 Å². The van der Waals surface area contributed by atoms with E-state index in [1.165, 1.54) is 6.08 Å². The number of aryl methyl sites for hydroxylation is 1. The van der Waals surface area contributed by atoms with Crippen molar-refractivity contribution < 1.29 is 9.53 Å². The van der Waals surface area contributed by atoms with E-state index >= 15 is 0 Å². The molecule has 0 saturated heterocycles. The molecule has 0 radical (unpaired) electrons. The zero-order chi connectivity index (χ0) is 17.4. The molecule has 2 atom stereocenters. The maximum absolute atomic E-state index is 11.5. The summed E-state index contributed by atoms with van der Waals surface area (Å²) in [6, 6.07) is -0.509. The van der Waals surface area contributed by atoms with Crippen molar-refractivity contribution in [3.05, 3.63) is 29.6 Å². The minimum atomic E-state index is -0.509. The average Bonchev–Trinajstić information content (AvgIpc) is 2.86. The largest absolute Gasteiger partial charge is 0.473 e. The Morgan fingerprint density at radius 2 is 2.30 bits per heavy atom. The van der Waals surface area contributed by atoms with E-state index in [0.29, 0.717) is 11.7 Å². The second-order valence-electron chi connectivity index (χ2n) is 5.08. The quantitative estimate of drug-likeness (QED) is 0.130. The number of rotatable bonds is 7.